The van der Waals surface area contributed by atoms with Crippen molar-refractivity contribution in [1.82, 2.24) is 20.4 Å². The summed E-state index contributed by atoms with van der Waals surface area (Å²) in [5.74, 6) is -1.17. The van der Waals surface area contributed by atoms with Gasteiger partial charge in [0.25, 0.3) is 0 Å². The van der Waals surface area contributed by atoms with Crippen molar-refractivity contribution < 1.29 is 22.8 Å². The number of piperazine rings is 1. The molecule has 1 aromatic heterocycles. The van der Waals surface area contributed by atoms with Crippen LogP contribution in [0.3, 0.4) is 0 Å². The third kappa shape index (κ3) is 4.04. The van der Waals surface area contributed by atoms with Crippen molar-refractivity contribution in [3.63, 3.8) is 0 Å². The average molecular weight is 432 g/mol. The minimum absolute atomic E-state index is 0. The number of halogens is 4. The minimum atomic E-state index is -4.30. The van der Waals surface area contributed by atoms with Crippen LogP contribution in [0.2, 0.25) is 0 Å². The van der Waals surface area contributed by atoms with Crippen LogP contribution in [0.15, 0.2) is 18.2 Å². The maximum absolute atomic E-state index is 13.1. The number of piperidine rings is 1. The standard InChI is InChI=1S/C18H20F3N5O2.ClH/c1-25-13-8-10(26-7-6-22-14(9-26)18(19,20)21)2-3-11(13)16(24-25)12-4-5-15(27)23-17(12)28;/h2-3,8,12,14,22H,4-7,9H2,1H3,(H,23,27,28);1H/t12?,14-;/m0./s1. The van der Waals surface area contributed by atoms with E-state index in [1.807, 2.05) is 0 Å². The van der Waals surface area contributed by atoms with E-state index in [0.717, 1.165) is 10.9 Å². The van der Waals surface area contributed by atoms with Crippen LogP contribution in [0, 0.1) is 0 Å². The molecule has 0 aliphatic carbocycles. The molecule has 0 saturated carbocycles. The van der Waals surface area contributed by atoms with Crippen molar-refractivity contribution in [2.75, 3.05) is 24.5 Å². The number of aromatic nitrogens is 2. The van der Waals surface area contributed by atoms with E-state index in [4.69, 9.17) is 0 Å². The first-order chi connectivity index (χ1) is 13.2. The van der Waals surface area contributed by atoms with Crippen LogP contribution in [0.4, 0.5) is 18.9 Å². The number of hydrogen-bond donors (Lipinski definition) is 2. The van der Waals surface area contributed by atoms with Crippen molar-refractivity contribution in [3.05, 3.63) is 23.9 Å². The van der Waals surface area contributed by atoms with E-state index in [2.05, 4.69) is 15.7 Å². The number of imide groups is 1. The van der Waals surface area contributed by atoms with Gasteiger partial charge in [-0.05, 0) is 24.6 Å². The Labute approximate surface area is 171 Å². The molecule has 2 aliphatic rings. The molecule has 2 amide bonds. The highest BCUT2D eigenvalue weighted by Gasteiger charge is 2.42. The van der Waals surface area contributed by atoms with Crippen molar-refractivity contribution in [1.29, 1.82) is 0 Å². The molecule has 0 spiro atoms. The van der Waals surface area contributed by atoms with Crippen LogP contribution in [-0.4, -0.2) is 53.4 Å². The normalized spacial score (nSPS) is 23.1. The molecule has 29 heavy (non-hydrogen) atoms. The number of hydrogen-bond acceptors (Lipinski definition) is 5. The molecule has 2 N–H and O–H groups in total. The predicted molar refractivity (Wildman–Crippen MR) is 103 cm³/mol. The zero-order chi connectivity index (χ0) is 20.1. The molecule has 4 rings (SSSR count). The Balaban J connectivity index is 0.00000240. The van der Waals surface area contributed by atoms with E-state index in [0.29, 0.717) is 24.3 Å². The number of carbonyl (C=O) groups is 2. The average Bonchev–Trinajstić information content (AvgIpc) is 2.97. The quantitative estimate of drug-likeness (QED) is 0.710. The minimum Gasteiger partial charge on any atom is -0.368 e. The van der Waals surface area contributed by atoms with Gasteiger partial charge >= 0.3 is 6.18 Å². The Hall–Kier alpha value is -2.33. The van der Waals surface area contributed by atoms with Gasteiger partial charge in [-0.15, -0.1) is 12.4 Å². The molecule has 3 heterocycles. The van der Waals surface area contributed by atoms with Gasteiger partial charge in [0.05, 0.1) is 17.1 Å². The lowest BCUT2D eigenvalue weighted by molar-refractivity contribution is -0.155. The predicted octanol–water partition coefficient (Wildman–Crippen LogP) is 1.86. The summed E-state index contributed by atoms with van der Waals surface area (Å²) < 4.78 is 40.8. The number of anilines is 1. The lowest BCUT2D eigenvalue weighted by Crippen LogP contribution is -2.57. The summed E-state index contributed by atoms with van der Waals surface area (Å²) in [6, 6.07) is 3.79. The number of aryl methyl sites for hydroxylation is 1. The molecule has 2 atom stereocenters. The second kappa shape index (κ2) is 7.83. The van der Waals surface area contributed by atoms with E-state index in [1.165, 1.54) is 0 Å². The molecule has 1 unspecified atom stereocenters. The summed E-state index contributed by atoms with van der Waals surface area (Å²) in [7, 11) is 1.73. The molecule has 2 saturated heterocycles. The fraction of sp³-hybridized carbons (Fsp3) is 0.500. The molecular weight excluding hydrogens is 411 g/mol. The zero-order valence-corrected chi connectivity index (χ0v) is 16.4. The van der Waals surface area contributed by atoms with Crippen LogP contribution in [0.25, 0.3) is 10.9 Å². The fourth-order valence-corrected chi connectivity index (χ4v) is 3.89. The molecule has 1 aromatic carbocycles. The Kier molecular flexibility index (Phi) is 5.77. The highest BCUT2D eigenvalue weighted by Crippen LogP contribution is 2.33. The summed E-state index contributed by atoms with van der Waals surface area (Å²) in [4.78, 5) is 25.3. The maximum Gasteiger partial charge on any atom is 0.405 e. The molecule has 11 heteroatoms. The largest absolute Gasteiger partial charge is 0.405 e. The number of nitrogens with zero attached hydrogens (tertiary/aromatic N) is 3. The van der Waals surface area contributed by atoms with E-state index >= 15 is 0 Å². The first-order valence-corrected chi connectivity index (χ1v) is 9.09. The van der Waals surface area contributed by atoms with Crippen LogP contribution in [0.1, 0.15) is 24.5 Å². The number of alkyl halides is 3. The number of nitrogens with one attached hydrogen (secondary N) is 2. The van der Waals surface area contributed by atoms with Gasteiger partial charge < -0.3 is 10.2 Å². The highest BCUT2D eigenvalue weighted by atomic mass is 35.5. The van der Waals surface area contributed by atoms with Crippen molar-refractivity contribution in [2.45, 2.75) is 31.0 Å². The molecule has 2 aromatic rings. The summed E-state index contributed by atoms with van der Waals surface area (Å²) in [6.07, 6.45) is -3.65. The highest BCUT2D eigenvalue weighted by molar-refractivity contribution is 6.02. The van der Waals surface area contributed by atoms with Crippen LogP contribution in [-0.2, 0) is 16.6 Å². The van der Waals surface area contributed by atoms with E-state index < -0.39 is 18.1 Å². The molecule has 2 aliphatic heterocycles. The Morgan fingerprint density at radius 2 is 2.00 bits per heavy atom. The van der Waals surface area contributed by atoms with Crippen LogP contribution >= 0.6 is 12.4 Å². The second-order valence-electron chi connectivity index (χ2n) is 7.21. The number of amides is 2. The van der Waals surface area contributed by atoms with Gasteiger partial charge in [0.15, 0.2) is 0 Å². The van der Waals surface area contributed by atoms with E-state index in [-0.39, 0.29) is 43.7 Å². The molecular formula is C18H21ClF3N5O2. The summed E-state index contributed by atoms with van der Waals surface area (Å²) >= 11 is 0. The third-order valence-corrected chi connectivity index (χ3v) is 5.37. The van der Waals surface area contributed by atoms with Crippen LogP contribution in [0.5, 0.6) is 0 Å². The van der Waals surface area contributed by atoms with Gasteiger partial charge in [0.2, 0.25) is 11.8 Å². The zero-order valence-electron chi connectivity index (χ0n) is 15.6. The first kappa shape index (κ1) is 21.4. The Morgan fingerprint density at radius 3 is 2.69 bits per heavy atom. The molecule has 7 nitrogen and oxygen atoms in total. The lowest BCUT2D eigenvalue weighted by atomic mass is 9.93. The topological polar surface area (TPSA) is 79.3 Å². The molecule has 158 valence electrons. The van der Waals surface area contributed by atoms with Crippen molar-refractivity contribution >= 4 is 40.8 Å². The van der Waals surface area contributed by atoms with Gasteiger partial charge in [-0.3, -0.25) is 19.6 Å². The summed E-state index contributed by atoms with van der Waals surface area (Å²) in [6.45, 7) is 0.553. The Morgan fingerprint density at radius 1 is 1.24 bits per heavy atom. The monoisotopic (exact) mass is 431 g/mol. The third-order valence-electron chi connectivity index (χ3n) is 5.37. The van der Waals surface area contributed by atoms with Crippen molar-refractivity contribution in [2.24, 2.45) is 7.05 Å². The first-order valence-electron chi connectivity index (χ1n) is 9.09. The SMILES string of the molecule is Cl.Cn1nc(C2CCC(=O)NC2=O)c2ccc(N3CCN[C@H](C(F)(F)F)C3)cc21. The van der Waals surface area contributed by atoms with Gasteiger partial charge in [-0.25, -0.2) is 0 Å². The molecule has 0 bridgehead atoms. The number of fused-ring (bicyclic) bond motifs is 1. The smallest absolute Gasteiger partial charge is 0.368 e. The second-order valence-corrected chi connectivity index (χ2v) is 7.21. The summed E-state index contributed by atoms with van der Waals surface area (Å²) in [5, 5.41) is 10.1. The summed E-state index contributed by atoms with van der Waals surface area (Å²) in [5.41, 5.74) is 2.00. The van der Waals surface area contributed by atoms with Crippen molar-refractivity contribution in [3.8, 4) is 0 Å². The number of benzene rings is 1. The van der Waals surface area contributed by atoms with E-state index in [9.17, 15) is 22.8 Å². The van der Waals surface area contributed by atoms with E-state index in [1.54, 1.807) is 34.8 Å². The number of carbonyl (C=O) groups excluding carboxylic acids is 2. The lowest BCUT2D eigenvalue weighted by Gasteiger charge is -2.36. The van der Waals surface area contributed by atoms with Gasteiger partial charge in [-0.1, -0.05) is 0 Å². The van der Waals surface area contributed by atoms with Crippen LogP contribution < -0.4 is 15.5 Å². The maximum atomic E-state index is 13.1. The fourth-order valence-electron chi connectivity index (χ4n) is 3.89. The molecule has 0 radical (unpaired) electrons. The molecule has 2 fully saturated rings. The van der Waals surface area contributed by atoms with Gasteiger partial charge in [-0.2, -0.15) is 18.3 Å². The Bertz CT molecular complexity index is 945. The number of rotatable bonds is 2. The van der Waals surface area contributed by atoms with Gasteiger partial charge in [0.1, 0.15) is 6.04 Å². The van der Waals surface area contributed by atoms with Gasteiger partial charge in [0, 0.05) is 44.2 Å².